The summed E-state index contributed by atoms with van der Waals surface area (Å²) in [5.74, 6) is 0.467. The molecule has 1 unspecified atom stereocenters. The highest BCUT2D eigenvalue weighted by atomic mass is 19.4. The monoisotopic (exact) mass is 502 g/mol. The summed E-state index contributed by atoms with van der Waals surface area (Å²) in [5.41, 5.74) is -0.741. The van der Waals surface area contributed by atoms with Gasteiger partial charge in [0.2, 0.25) is 0 Å². The molecule has 2 aromatic heterocycles. The summed E-state index contributed by atoms with van der Waals surface area (Å²) < 4.78 is 49.0. The minimum Gasteiger partial charge on any atom is -0.493 e. The fourth-order valence-electron chi connectivity index (χ4n) is 5.05. The zero-order valence-corrected chi connectivity index (χ0v) is 21.6. The molecule has 2 N–H and O–H groups in total. The van der Waals surface area contributed by atoms with Crippen molar-refractivity contribution in [1.29, 1.82) is 0 Å². The number of aromatic amines is 1. The number of rotatable bonds is 6. The number of Topliss-reactive ketones (excluding diaryl/α,β-unsaturated/α-hetero) is 1. The van der Waals surface area contributed by atoms with Gasteiger partial charge in [0.1, 0.15) is 11.4 Å². The van der Waals surface area contributed by atoms with Crippen LogP contribution in [0.4, 0.5) is 13.2 Å². The van der Waals surface area contributed by atoms with Crippen LogP contribution in [0.5, 0.6) is 5.75 Å². The number of aliphatic hydroxyl groups is 1. The molecule has 3 aromatic rings. The van der Waals surface area contributed by atoms with Crippen molar-refractivity contribution in [3.63, 3.8) is 0 Å². The summed E-state index contributed by atoms with van der Waals surface area (Å²) >= 11 is 0. The number of ether oxygens (including phenoxy) is 1. The molecule has 0 saturated heterocycles. The maximum Gasteiger partial charge on any atom is 0.417 e. The number of pyridine rings is 1. The van der Waals surface area contributed by atoms with Gasteiger partial charge in [-0.15, -0.1) is 0 Å². The molecule has 194 valence electrons. The third-order valence-corrected chi connectivity index (χ3v) is 6.85. The Morgan fingerprint density at radius 3 is 2.44 bits per heavy atom. The van der Waals surface area contributed by atoms with Crippen molar-refractivity contribution in [3.8, 4) is 5.75 Å². The first-order valence-corrected chi connectivity index (χ1v) is 12.1. The third-order valence-electron chi connectivity index (χ3n) is 6.85. The van der Waals surface area contributed by atoms with Gasteiger partial charge in [-0.05, 0) is 42.5 Å². The number of halogens is 3. The average molecular weight is 503 g/mol. The molecule has 1 atom stereocenters. The van der Waals surface area contributed by atoms with Crippen molar-refractivity contribution < 1.29 is 27.8 Å². The van der Waals surface area contributed by atoms with E-state index >= 15 is 0 Å². The predicted molar refractivity (Wildman–Crippen MR) is 133 cm³/mol. The number of nitrogens with zero attached hydrogens (tertiary/aromatic N) is 1. The lowest BCUT2D eigenvalue weighted by molar-refractivity contribution is -0.266. The van der Waals surface area contributed by atoms with Crippen LogP contribution in [0.25, 0.3) is 11.0 Å². The van der Waals surface area contributed by atoms with E-state index in [-0.39, 0.29) is 17.2 Å². The van der Waals surface area contributed by atoms with Crippen molar-refractivity contribution in [2.24, 2.45) is 5.41 Å². The number of hydrogen-bond acceptors (Lipinski definition) is 4. The number of benzene rings is 1. The molecule has 1 aliphatic heterocycles. The maximum absolute atomic E-state index is 14.4. The summed E-state index contributed by atoms with van der Waals surface area (Å²) in [6.07, 6.45) is -5.39. The Kier molecular flexibility index (Phi) is 6.27. The van der Waals surface area contributed by atoms with E-state index in [1.807, 2.05) is 19.1 Å². The van der Waals surface area contributed by atoms with E-state index in [2.05, 4.69) is 9.97 Å². The number of carbonyl (C=O) groups is 1. The molecule has 1 aromatic carbocycles. The van der Waals surface area contributed by atoms with Crippen LogP contribution in [-0.2, 0) is 18.3 Å². The Labute approximate surface area is 209 Å². The number of nitrogens with one attached hydrogen (secondary N) is 1. The molecule has 36 heavy (non-hydrogen) atoms. The molecule has 8 heteroatoms. The minimum atomic E-state index is -4.88. The van der Waals surface area contributed by atoms with Gasteiger partial charge in [0.05, 0.1) is 17.6 Å². The van der Waals surface area contributed by atoms with Crippen molar-refractivity contribution in [2.75, 3.05) is 6.61 Å². The second-order valence-corrected chi connectivity index (χ2v) is 11.7. The lowest BCUT2D eigenvalue weighted by Crippen LogP contribution is -2.51. The third kappa shape index (κ3) is 4.88. The van der Waals surface area contributed by atoms with Crippen LogP contribution in [0.2, 0.25) is 0 Å². The van der Waals surface area contributed by atoms with Gasteiger partial charge in [-0.3, -0.25) is 4.79 Å². The van der Waals surface area contributed by atoms with E-state index in [0.29, 0.717) is 35.4 Å². The van der Waals surface area contributed by atoms with Crippen LogP contribution >= 0.6 is 0 Å². The fraction of sp³-hybridized carbons (Fsp3) is 0.500. The summed E-state index contributed by atoms with van der Waals surface area (Å²) in [4.78, 5) is 19.9. The van der Waals surface area contributed by atoms with Crippen molar-refractivity contribution in [2.45, 2.75) is 78.0 Å². The van der Waals surface area contributed by atoms with E-state index in [1.165, 1.54) is 6.07 Å². The number of alkyl halides is 3. The first-order chi connectivity index (χ1) is 16.5. The average Bonchev–Trinajstić information content (AvgIpc) is 3.35. The SMILES string of the molecule is Cc1cc2c(c(C(C)(C)CC(O)(Cc3cc4nc(C(=O)C(C)(C)C)ccc4[nH]3)C(F)(F)F)c1)OCC2. The van der Waals surface area contributed by atoms with Crippen LogP contribution in [0, 0.1) is 12.3 Å². The molecule has 0 spiro atoms. The smallest absolute Gasteiger partial charge is 0.417 e. The molecular weight excluding hydrogens is 469 g/mol. The summed E-state index contributed by atoms with van der Waals surface area (Å²) in [6, 6.07) is 8.52. The largest absolute Gasteiger partial charge is 0.493 e. The molecule has 1 aliphatic rings. The molecular formula is C28H33F3N2O3. The predicted octanol–water partition coefficient (Wildman–Crippen LogP) is 6.24. The quantitative estimate of drug-likeness (QED) is 0.392. The Morgan fingerprint density at radius 1 is 1.11 bits per heavy atom. The first kappa shape index (κ1) is 26.2. The molecule has 0 amide bonds. The Balaban J connectivity index is 1.68. The molecule has 0 radical (unpaired) electrons. The zero-order chi connectivity index (χ0) is 26.7. The Bertz CT molecular complexity index is 1320. The van der Waals surface area contributed by atoms with Gasteiger partial charge in [-0.1, -0.05) is 52.3 Å². The Morgan fingerprint density at radius 2 is 1.81 bits per heavy atom. The standard InChI is InChI=1S/C28H33F3N2O3/c1-16-11-17-9-10-36-23(17)19(12-16)26(5,6)15-27(35,28(29,30)31)14-18-13-22-20(32-18)7-8-21(33-22)24(34)25(2,3)4/h7-8,11-13,32,35H,9-10,14-15H2,1-6H3. The summed E-state index contributed by atoms with van der Waals surface area (Å²) in [6.45, 7) is 11.2. The summed E-state index contributed by atoms with van der Waals surface area (Å²) in [7, 11) is 0. The molecule has 3 heterocycles. The number of fused-ring (bicyclic) bond motifs is 2. The highest BCUT2D eigenvalue weighted by molar-refractivity contribution is 5.99. The number of aryl methyl sites for hydroxylation is 1. The van der Waals surface area contributed by atoms with Gasteiger partial charge in [-0.2, -0.15) is 13.2 Å². The topological polar surface area (TPSA) is 75.2 Å². The zero-order valence-electron chi connectivity index (χ0n) is 21.6. The number of ketones is 1. The van der Waals surface area contributed by atoms with Gasteiger partial charge in [0.25, 0.3) is 0 Å². The molecule has 4 rings (SSSR count). The highest BCUT2D eigenvalue weighted by Gasteiger charge is 2.56. The van der Waals surface area contributed by atoms with E-state index in [4.69, 9.17) is 4.74 Å². The van der Waals surface area contributed by atoms with Crippen LogP contribution < -0.4 is 4.74 Å². The van der Waals surface area contributed by atoms with Gasteiger partial charge < -0.3 is 14.8 Å². The van der Waals surface area contributed by atoms with Crippen LogP contribution in [-0.4, -0.2) is 39.2 Å². The number of aromatic nitrogens is 2. The first-order valence-electron chi connectivity index (χ1n) is 12.1. The van der Waals surface area contributed by atoms with Crippen molar-refractivity contribution >= 4 is 16.8 Å². The van der Waals surface area contributed by atoms with Crippen LogP contribution in [0.15, 0.2) is 30.3 Å². The molecule has 0 bridgehead atoms. The molecule has 0 saturated carbocycles. The fourth-order valence-corrected chi connectivity index (χ4v) is 5.05. The van der Waals surface area contributed by atoms with Gasteiger partial charge >= 0.3 is 6.18 Å². The lowest BCUT2D eigenvalue weighted by Gasteiger charge is -2.38. The lowest BCUT2D eigenvalue weighted by atomic mass is 9.72. The van der Waals surface area contributed by atoms with Crippen molar-refractivity contribution in [1.82, 2.24) is 9.97 Å². The highest BCUT2D eigenvalue weighted by Crippen LogP contribution is 2.47. The Hall–Kier alpha value is -2.87. The second-order valence-electron chi connectivity index (χ2n) is 11.7. The minimum absolute atomic E-state index is 0.159. The van der Waals surface area contributed by atoms with Crippen LogP contribution in [0.1, 0.15) is 73.9 Å². The normalized spacial score (nSPS) is 16.1. The van der Waals surface area contributed by atoms with Crippen LogP contribution in [0.3, 0.4) is 0 Å². The summed E-state index contributed by atoms with van der Waals surface area (Å²) in [5, 5.41) is 11.1. The molecule has 0 fully saturated rings. The maximum atomic E-state index is 14.4. The van der Waals surface area contributed by atoms with Gasteiger partial charge in [0, 0.05) is 29.5 Å². The van der Waals surface area contributed by atoms with E-state index in [9.17, 15) is 23.1 Å². The number of H-pyrrole nitrogens is 1. The number of carbonyl (C=O) groups excluding carboxylic acids is 1. The van der Waals surface area contributed by atoms with Crippen molar-refractivity contribution in [3.05, 3.63) is 58.4 Å². The molecule has 5 nitrogen and oxygen atoms in total. The van der Waals surface area contributed by atoms with Gasteiger partial charge in [0.15, 0.2) is 11.4 Å². The van der Waals surface area contributed by atoms with E-state index in [0.717, 1.165) is 11.1 Å². The van der Waals surface area contributed by atoms with E-state index < -0.39 is 35.4 Å². The second kappa shape index (κ2) is 8.61. The number of hydrogen-bond donors (Lipinski definition) is 2. The molecule has 0 aliphatic carbocycles. The van der Waals surface area contributed by atoms with E-state index in [1.54, 1.807) is 46.8 Å². The van der Waals surface area contributed by atoms with Gasteiger partial charge in [-0.25, -0.2) is 4.98 Å².